The van der Waals surface area contributed by atoms with Gasteiger partial charge in [-0.05, 0) is 35.4 Å². The van der Waals surface area contributed by atoms with Crippen molar-refractivity contribution in [2.75, 3.05) is 14.2 Å². The molecule has 0 atom stereocenters. The highest BCUT2D eigenvalue weighted by Crippen LogP contribution is 2.24. The van der Waals surface area contributed by atoms with Crippen LogP contribution in [0.4, 0.5) is 3.89 Å². The van der Waals surface area contributed by atoms with E-state index in [9.17, 15) is 12.3 Å². The predicted molar refractivity (Wildman–Crippen MR) is 85.6 cm³/mol. The van der Waals surface area contributed by atoms with Gasteiger partial charge in [0, 0.05) is 6.07 Å². The Morgan fingerprint density at radius 3 is 1.83 bits per heavy atom. The molecule has 0 heterocycles. The molecule has 0 aliphatic rings. The Morgan fingerprint density at radius 1 is 0.826 bits per heavy atom. The lowest BCUT2D eigenvalue weighted by atomic mass is 10.1. The van der Waals surface area contributed by atoms with E-state index in [2.05, 4.69) is 4.18 Å². The van der Waals surface area contributed by atoms with Gasteiger partial charge in [-0.2, -0.15) is 8.42 Å². The van der Waals surface area contributed by atoms with Gasteiger partial charge in [0.2, 0.25) is 0 Å². The minimum Gasteiger partial charge on any atom is -0.497 e. The molecule has 0 bridgehead atoms. The van der Waals surface area contributed by atoms with E-state index < -0.39 is 10.5 Å². The maximum Gasteiger partial charge on any atom is 0.488 e. The van der Waals surface area contributed by atoms with Crippen molar-refractivity contribution in [3.8, 4) is 17.2 Å². The van der Waals surface area contributed by atoms with Crippen molar-refractivity contribution in [2.45, 2.75) is 0 Å². The first-order valence-electron chi connectivity index (χ1n) is 6.55. The van der Waals surface area contributed by atoms with E-state index in [0.29, 0.717) is 11.5 Å². The fourth-order valence-corrected chi connectivity index (χ4v) is 2.21. The summed E-state index contributed by atoms with van der Waals surface area (Å²) < 4.78 is 47.7. The quantitative estimate of drug-likeness (QED) is 0.596. The summed E-state index contributed by atoms with van der Waals surface area (Å²) in [5.74, 6) is 1.24. The van der Waals surface area contributed by atoms with Crippen molar-refractivity contribution in [3.05, 3.63) is 53.6 Å². The Morgan fingerprint density at radius 2 is 1.35 bits per heavy atom. The standard InChI is InChI=1S/C16H15FO5S/c1-20-15-9-13(10-16(11-15)21-2)4-3-12-5-7-14(8-6-12)22-23(17,18)19/h3-11H,1-2H3/b4-3+. The molecule has 2 aromatic carbocycles. The predicted octanol–water partition coefficient (Wildman–Crippen LogP) is 3.47. The fraction of sp³-hybridized carbons (Fsp3) is 0.125. The van der Waals surface area contributed by atoms with Crippen LogP contribution >= 0.6 is 0 Å². The van der Waals surface area contributed by atoms with Gasteiger partial charge in [-0.3, -0.25) is 0 Å². The second-order valence-corrected chi connectivity index (χ2v) is 5.48. The van der Waals surface area contributed by atoms with E-state index in [4.69, 9.17) is 9.47 Å². The third-order valence-corrected chi connectivity index (χ3v) is 3.31. The van der Waals surface area contributed by atoms with Gasteiger partial charge in [-0.25, -0.2) is 0 Å². The minimum absolute atomic E-state index is 0.0901. The zero-order valence-electron chi connectivity index (χ0n) is 12.5. The van der Waals surface area contributed by atoms with Crippen molar-refractivity contribution in [3.63, 3.8) is 0 Å². The lowest BCUT2D eigenvalue weighted by Gasteiger charge is -2.05. The average Bonchev–Trinajstić information content (AvgIpc) is 2.52. The summed E-state index contributed by atoms with van der Waals surface area (Å²) in [6.07, 6.45) is 3.65. The van der Waals surface area contributed by atoms with Crippen LogP contribution in [0.1, 0.15) is 11.1 Å². The maximum atomic E-state index is 12.4. The van der Waals surface area contributed by atoms with Crippen molar-refractivity contribution in [1.29, 1.82) is 0 Å². The monoisotopic (exact) mass is 338 g/mol. The largest absolute Gasteiger partial charge is 0.497 e. The first kappa shape index (κ1) is 16.8. The van der Waals surface area contributed by atoms with Crippen LogP contribution in [-0.2, 0) is 10.5 Å². The van der Waals surface area contributed by atoms with E-state index in [1.54, 1.807) is 32.4 Å². The Labute approximate surface area is 134 Å². The molecule has 5 nitrogen and oxygen atoms in total. The highest BCUT2D eigenvalue weighted by atomic mass is 32.3. The number of ether oxygens (including phenoxy) is 2. The topological polar surface area (TPSA) is 61.8 Å². The number of hydrogen-bond donors (Lipinski definition) is 0. The summed E-state index contributed by atoms with van der Waals surface area (Å²) in [6, 6.07) is 11.4. The molecule has 23 heavy (non-hydrogen) atoms. The van der Waals surface area contributed by atoms with Crippen LogP contribution in [0.15, 0.2) is 42.5 Å². The second kappa shape index (κ2) is 7.15. The smallest absolute Gasteiger partial charge is 0.488 e. The maximum absolute atomic E-state index is 12.4. The molecule has 122 valence electrons. The molecule has 0 saturated heterocycles. The second-order valence-electron chi connectivity index (χ2n) is 4.52. The molecule has 7 heteroatoms. The van der Waals surface area contributed by atoms with Gasteiger partial charge in [0.25, 0.3) is 0 Å². The molecule has 0 N–H and O–H groups in total. The van der Waals surface area contributed by atoms with Gasteiger partial charge in [0.1, 0.15) is 17.2 Å². The number of benzene rings is 2. The number of hydrogen-bond acceptors (Lipinski definition) is 5. The molecule has 0 radical (unpaired) electrons. The lowest BCUT2D eigenvalue weighted by molar-refractivity contribution is 0.394. The number of methoxy groups -OCH3 is 2. The third kappa shape index (κ3) is 5.30. The molecule has 0 amide bonds. The lowest BCUT2D eigenvalue weighted by Crippen LogP contribution is -2.00. The highest BCUT2D eigenvalue weighted by molar-refractivity contribution is 7.81. The van der Waals surface area contributed by atoms with Gasteiger partial charge in [-0.15, -0.1) is 0 Å². The average molecular weight is 338 g/mol. The molecule has 2 aromatic rings. The summed E-state index contributed by atoms with van der Waals surface area (Å²) in [5, 5.41) is 0. The van der Waals surface area contributed by atoms with E-state index in [1.807, 2.05) is 24.3 Å². The Balaban J connectivity index is 2.17. The summed E-state index contributed by atoms with van der Waals surface area (Å²) >= 11 is 0. The number of rotatable bonds is 6. The van der Waals surface area contributed by atoms with E-state index in [-0.39, 0.29) is 5.75 Å². The van der Waals surface area contributed by atoms with Crippen molar-refractivity contribution in [1.82, 2.24) is 0 Å². The van der Waals surface area contributed by atoms with Crippen LogP contribution in [0, 0.1) is 0 Å². The van der Waals surface area contributed by atoms with E-state index >= 15 is 0 Å². The highest BCUT2D eigenvalue weighted by Gasteiger charge is 2.08. The summed E-state index contributed by atoms with van der Waals surface area (Å²) in [5.41, 5.74) is 1.66. The normalized spacial score (nSPS) is 11.4. The zero-order valence-corrected chi connectivity index (χ0v) is 13.3. The van der Waals surface area contributed by atoms with Crippen LogP contribution < -0.4 is 13.7 Å². The molecule has 0 aliphatic heterocycles. The first-order valence-corrected chi connectivity index (χ1v) is 7.86. The SMILES string of the molecule is COc1cc(/C=C/c2ccc(OS(=O)(=O)F)cc2)cc(OC)c1. The molecular weight excluding hydrogens is 323 g/mol. The molecule has 0 fully saturated rings. The van der Waals surface area contributed by atoms with Gasteiger partial charge in [0.05, 0.1) is 14.2 Å². The van der Waals surface area contributed by atoms with Gasteiger partial charge in [0.15, 0.2) is 0 Å². The van der Waals surface area contributed by atoms with Crippen molar-refractivity contribution in [2.24, 2.45) is 0 Å². The molecule has 0 spiro atoms. The molecule has 2 rings (SSSR count). The fourth-order valence-electron chi connectivity index (χ4n) is 1.87. The van der Waals surface area contributed by atoms with Gasteiger partial charge < -0.3 is 13.7 Å². The molecule has 0 aliphatic carbocycles. The van der Waals surface area contributed by atoms with Crippen LogP contribution in [0.3, 0.4) is 0 Å². The van der Waals surface area contributed by atoms with Gasteiger partial charge in [-0.1, -0.05) is 28.2 Å². The minimum atomic E-state index is -5.01. The van der Waals surface area contributed by atoms with Crippen LogP contribution in [-0.4, -0.2) is 22.6 Å². The summed E-state index contributed by atoms with van der Waals surface area (Å²) in [7, 11) is -1.87. The Bertz CT molecular complexity index is 775. The third-order valence-electron chi connectivity index (χ3n) is 2.92. The summed E-state index contributed by atoms with van der Waals surface area (Å²) in [4.78, 5) is 0. The first-order chi connectivity index (χ1) is 10.9. The molecule has 0 unspecified atom stereocenters. The Hall–Kier alpha value is -2.54. The summed E-state index contributed by atoms with van der Waals surface area (Å²) in [6.45, 7) is 0. The van der Waals surface area contributed by atoms with Crippen LogP contribution in [0.2, 0.25) is 0 Å². The van der Waals surface area contributed by atoms with Crippen molar-refractivity contribution >= 4 is 22.7 Å². The van der Waals surface area contributed by atoms with E-state index in [1.165, 1.54) is 12.1 Å². The van der Waals surface area contributed by atoms with Crippen LogP contribution in [0.5, 0.6) is 17.2 Å². The number of halogens is 1. The molecular formula is C16H15FO5S. The zero-order chi connectivity index (χ0) is 16.9. The molecule has 0 saturated carbocycles. The van der Waals surface area contributed by atoms with Gasteiger partial charge >= 0.3 is 10.5 Å². The van der Waals surface area contributed by atoms with E-state index in [0.717, 1.165) is 11.1 Å². The van der Waals surface area contributed by atoms with Crippen molar-refractivity contribution < 1.29 is 26.0 Å². The molecule has 0 aromatic heterocycles. The van der Waals surface area contributed by atoms with Crippen LogP contribution in [0.25, 0.3) is 12.2 Å². The Kier molecular flexibility index (Phi) is 5.23.